The van der Waals surface area contributed by atoms with Crippen LogP contribution in [0.3, 0.4) is 0 Å². The SMILES string of the molecule is COc1cccc(C2N(CCc3ccccc3)C(=O)CC2(C(=O)O)c2ccccc2)c1. The minimum atomic E-state index is -1.37. The number of carbonyl (C=O) groups excluding carboxylic acids is 1. The van der Waals surface area contributed by atoms with E-state index in [4.69, 9.17) is 4.74 Å². The van der Waals surface area contributed by atoms with Crippen LogP contribution in [0.1, 0.15) is 29.2 Å². The fourth-order valence-electron chi connectivity index (χ4n) is 4.58. The van der Waals surface area contributed by atoms with Gasteiger partial charge in [0.1, 0.15) is 11.2 Å². The molecule has 0 radical (unpaired) electrons. The van der Waals surface area contributed by atoms with Crippen LogP contribution in [-0.4, -0.2) is 35.5 Å². The summed E-state index contributed by atoms with van der Waals surface area (Å²) in [5.41, 5.74) is 1.11. The summed E-state index contributed by atoms with van der Waals surface area (Å²) in [6, 6.07) is 25.7. The molecule has 0 bridgehead atoms. The van der Waals surface area contributed by atoms with Gasteiger partial charge in [-0.25, -0.2) is 0 Å². The summed E-state index contributed by atoms with van der Waals surface area (Å²) < 4.78 is 5.39. The van der Waals surface area contributed by atoms with E-state index in [0.717, 1.165) is 11.1 Å². The number of carboxylic acid groups (broad SMARTS) is 1. The molecular weight excluding hydrogens is 390 g/mol. The number of nitrogens with zero attached hydrogens (tertiary/aromatic N) is 1. The lowest BCUT2D eigenvalue weighted by atomic mass is 9.71. The first-order valence-corrected chi connectivity index (χ1v) is 10.3. The lowest BCUT2D eigenvalue weighted by Crippen LogP contribution is -2.42. The van der Waals surface area contributed by atoms with Gasteiger partial charge in [0, 0.05) is 13.0 Å². The lowest BCUT2D eigenvalue weighted by Gasteiger charge is -2.35. The molecule has 2 atom stereocenters. The van der Waals surface area contributed by atoms with Crippen molar-refractivity contribution in [3.05, 3.63) is 102 Å². The number of aliphatic carboxylic acids is 1. The molecule has 3 aromatic carbocycles. The molecule has 1 heterocycles. The maximum absolute atomic E-state index is 13.3. The molecule has 158 valence electrons. The monoisotopic (exact) mass is 415 g/mol. The van der Waals surface area contributed by atoms with E-state index in [1.807, 2.05) is 72.8 Å². The number of benzene rings is 3. The minimum absolute atomic E-state index is 0.0803. The second kappa shape index (κ2) is 8.64. The molecule has 1 fully saturated rings. The van der Waals surface area contributed by atoms with Crippen molar-refractivity contribution < 1.29 is 19.4 Å². The Morgan fingerprint density at radius 2 is 1.71 bits per heavy atom. The molecule has 3 aromatic rings. The molecule has 2 unspecified atom stereocenters. The van der Waals surface area contributed by atoms with Crippen molar-refractivity contribution in [3.8, 4) is 5.75 Å². The number of amides is 1. The summed E-state index contributed by atoms with van der Waals surface area (Å²) in [5, 5.41) is 10.5. The van der Waals surface area contributed by atoms with Crippen molar-refractivity contribution in [1.82, 2.24) is 4.90 Å². The van der Waals surface area contributed by atoms with E-state index in [9.17, 15) is 14.7 Å². The smallest absolute Gasteiger partial charge is 0.317 e. The molecule has 0 spiro atoms. The molecule has 1 aliphatic heterocycles. The summed E-state index contributed by atoms with van der Waals surface area (Å²) in [6.07, 6.45) is 0.570. The Morgan fingerprint density at radius 1 is 1.03 bits per heavy atom. The zero-order chi connectivity index (χ0) is 21.8. The Balaban J connectivity index is 1.82. The standard InChI is InChI=1S/C26H25NO4/c1-31-22-14-8-11-20(17-22)24-26(25(29)30,21-12-6-3-7-13-21)18-23(28)27(24)16-15-19-9-4-2-5-10-19/h2-14,17,24H,15-16,18H2,1H3,(H,29,30). The number of carboxylic acids is 1. The van der Waals surface area contributed by atoms with Crippen LogP contribution >= 0.6 is 0 Å². The van der Waals surface area contributed by atoms with Gasteiger partial charge in [0.2, 0.25) is 5.91 Å². The number of carbonyl (C=O) groups is 2. The van der Waals surface area contributed by atoms with Gasteiger partial charge in [-0.15, -0.1) is 0 Å². The first kappa shape index (κ1) is 20.7. The van der Waals surface area contributed by atoms with Crippen molar-refractivity contribution >= 4 is 11.9 Å². The number of methoxy groups -OCH3 is 1. The molecule has 1 saturated heterocycles. The Hall–Kier alpha value is -3.60. The maximum Gasteiger partial charge on any atom is 0.317 e. The number of ether oxygens (including phenoxy) is 1. The van der Waals surface area contributed by atoms with Gasteiger partial charge in [-0.3, -0.25) is 9.59 Å². The van der Waals surface area contributed by atoms with Gasteiger partial charge in [0.15, 0.2) is 0 Å². The average Bonchev–Trinajstić information content (AvgIpc) is 3.12. The maximum atomic E-state index is 13.3. The predicted octanol–water partition coefficient (Wildman–Crippen LogP) is 4.23. The van der Waals surface area contributed by atoms with Crippen LogP contribution in [0.5, 0.6) is 5.75 Å². The predicted molar refractivity (Wildman–Crippen MR) is 118 cm³/mol. The first-order chi connectivity index (χ1) is 15.1. The van der Waals surface area contributed by atoms with E-state index in [0.29, 0.717) is 24.3 Å². The van der Waals surface area contributed by atoms with Crippen molar-refractivity contribution in [2.75, 3.05) is 13.7 Å². The molecule has 4 rings (SSSR count). The summed E-state index contributed by atoms with van der Waals surface area (Å²) in [6.45, 7) is 0.437. The minimum Gasteiger partial charge on any atom is -0.497 e. The highest BCUT2D eigenvalue weighted by Crippen LogP contribution is 2.50. The molecule has 0 aromatic heterocycles. The fraction of sp³-hybridized carbons (Fsp3) is 0.231. The Kier molecular flexibility index (Phi) is 5.76. The summed E-state index contributed by atoms with van der Waals surface area (Å²) >= 11 is 0. The summed E-state index contributed by atoms with van der Waals surface area (Å²) in [4.78, 5) is 27.8. The topological polar surface area (TPSA) is 66.8 Å². The van der Waals surface area contributed by atoms with Crippen molar-refractivity contribution in [2.24, 2.45) is 0 Å². The fourth-order valence-corrected chi connectivity index (χ4v) is 4.58. The molecule has 5 nitrogen and oxygen atoms in total. The van der Waals surface area contributed by atoms with E-state index in [1.165, 1.54) is 0 Å². The third-order valence-corrected chi connectivity index (χ3v) is 6.09. The second-order valence-corrected chi connectivity index (χ2v) is 7.82. The van der Waals surface area contributed by atoms with Gasteiger partial charge in [-0.1, -0.05) is 72.8 Å². The quantitative estimate of drug-likeness (QED) is 0.627. The number of likely N-dealkylation sites (tertiary alicyclic amines) is 1. The van der Waals surface area contributed by atoms with E-state index in [-0.39, 0.29) is 12.3 Å². The molecule has 1 N–H and O–H groups in total. The third-order valence-electron chi connectivity index (χ3n) is 6.09. The number of rotatable bonds is 7. The summed E-state index contributed by atoms with van der Waals surface area (Å²) in [7, 11) is 1.58. The largest absolute Gasteiger partial charge is 0.497 e. The normalized spacial score (nSPS) is 20.6. The Morgan fingerprint density at radius 3 is 2.35 bits per heavy atom. The van der Waals surface area contributed by atoms with Gasteiger partial charge in [-0.2, -0.15) is 0 Å². The van der Waals surface area contributed by atoms with Crippen LogP contribution in [0.4, 0.5) is 0 Å². The molecular formula is C26H25NO4. The van der Waals surface area contributed by atoms with Crippen molar-refractivity contribution in [1.29, 1.82) is 0 Å². The molecule has 1 amide bonds. The highest BCUT2D eigenvalue weighted by Gasteiger charge is 2.58. The average molecular weight is 415 g/mol. The van der Waals surface area contributed by atoms with Gasteiger partial charge in [0.25, 0.3) is 0 Å². The second-order valence-electron chi connectivity index (χ2n) is 7.82. The van der Waals surface area contributed by atoms with E-state index >= 15 is 0 Å². The lowest BCUT2D eigenvalue weighted by molar-refractivity contribution is -0.145. The van der Waals surface area contributed by atoms with Crippen LogP contribution in [-0.2, 0) is 21.4 Å². The highest BCUT2D eigenvalue weighted by atomic mass is 16.5. The third kappa shape index (κ3) is 3.79. The van der Waals surface area contributed by atoms with Crippen molar-refractivity contribution in [2.45, 2.75) is 24.3 Å². The zero-order valence-corrected chi connectivity index (χ0v) is 17.4. The van der Waals surface area contributed by atoms with E-state index in [1.54, 1.807) is 24.1 Å². The molecule has 1 aliphatic rings. The zero-order valence-electron chi connectivity index (χ0n) is 17.4. The van der Waals surface area contributed by atoms with E-state index in [2.05, 4.69) is 0 Å². The van der Waals surface area contributed by atoms with Crippen LogP contribution < -0.4 is 4.74 Å². The van der Waals surface area contributed by atoms with Crippen LogP contribution in [0.2, 0.25) is 0 Å². The molecule has 0 aliphatic carbocycles. The highest BCUT2D eigenvalue weighted by molar-refractivity contribution is 5.95. The van der Waals surface area contributed by atoms with Gasteiger partial charge in [0.05, 0.1) is 13.2 Å². The Bertz CT molecular complexity index is 1070. The molecule has 5 heteroatoms. The molecule has 31 heavy (non-hydrogen) atoms. The Labute approximate surface area is 181 Å². The van der Waals surface area contributed by atoms with E-state index < -0.39 is 17.4 Å². The van der Waals surface area contributed by atoms with Crippen molar-refractivity contribution in [3.63, 3.8) is 0 Å². The number of hydrogen-bond acceptors (Lipinski definition) is 3. The molecule has 0 saturated carbocycles. The first-order valence-electron chi connectivity index (χ1n) is 10.3. The van der Waals surface area contributed by atoms with Crippen LogP contribution in [0.15, 0.2) is 84.9 Å². The summed E-state index contributed by atoms with van der Waals surface area (Å²) in [5.74, 6) is -0.524. The van der Waals surface area contributed by atoms with Gasteiger partial charge >= 0.3 is 5.97 Å². The number of hydrogen-bond donors (Lipinski definition) is 1. The van der Waals surface area contributed by atoms with Gasteiger partial charge in [-0.05, 0) is 35.2 Å². The van der Waals surface area contributed by atoms with Crippen LogP contribution in [0.25, 0.3) is 0 Å². The van der Waals surface area contributed by atoms with Crippen LogP contribution in [0, 0.1) is 0 Å². The van der Waals surface area contributed by atoms with Gasteiger partial charge < -0.3 is 14.7 Å².